The van der Waals surface area contributed by atoms with Crippen LogP contribution in [0.2, 0.25) is 0 Å². The molecule has 1 rings (SSSR count). The van der Waals surface area contributed by atoms with Gasteiger partial charge < -0.3 is 5.11 Å². The summed E-state index contributed by atoms with van der Waals surface area (Å²) >= 11 is 0. The first kappa shape index (κ1) is 17.5. The lowest BCUT2D eigenvalue weighted by Gasteiger charge is -2.02. The highest BCUT2D eigenvalue weighted by Gasteiger charge is 2.34. The Morgan fingerprint density at radius 1 is 0.850 bits per heavy atom. The van der Waals surface area contributed by atoms with Crippen molar-refractivity contribution >= 4 is 5.97 Å². The minimum absolute atomic E-state index is 0.351. The number of rotatable bonds is 14. The molecule has 0 aromatic rings. The predicted octanol–water partition coefficient (Wildman–Crippen LogP) is 5.80. The number of unbranched alkanes of at least 4 members (excludes halogenated alkanes) is 8. The van der Waals surface area contributed by atoms with Crippen molar-refractivity contribution in [3.05, 3.63) is 0 Å². The fourth-order valence-electron chi connectivity index (χ4n) is 3.24. The molecule has 20 heavy (non-hydrogen) atoms. The van der Waals surface area contributed by atoms with E-state index in [1.165, 1.54) is 70.6 Å². The van der Waals surface area contributed by atoms with Crippen LogP contribution in [0.4, 0.5) is 0 Å². The molecule has 2 heteroatoms. The summed E-state index contributed by atoms with van der Waals surface area (Å²) in [6.07, 6.45) is 17.7. The Labute approximate surface area is 125 Å². The van der Waals surface area contributed by atoms with Crippen LogP contribution in [-0.2, 0) is 4.79 Å². The van der Waals surface area contributed by atoms with Crippen molar-refractivity contribution in [2.24, 2.45) is 11.8 Å². The molecule has 1 aliphatic carbocycles. The van der Waals surface area contributed by atoms with Crippen LogP contribution in [0.15, 0.2) is 0 Å². The van der Waals surface area contributed by atoms with Crippen molar-refractivity contribution in [3.63, 3.8) is 0 Å². The van der Waals surface area contributed by atoms with E-state index in [-0.39, 0.29) is 0 Å². The van der Waals surface area contributed by atoms with Gasteiger partial charge >= 0.3 is 5.97 Å². The monoisotopic (exact) mass is 282 g/mol. The van der Waals surface area contributed by atoms with Crippen molar-refractivity contribution in [2.75, 3.05) is 0 Å². The van der Waals surface area contributed by atoms with Crippen LogP contribution in [-0.4, -0.2) is 11.1 Å². The number of aliphatic carboxylic acids is 1. The van der Waals surface area contributed by atoms with Crippen molar-refractivity contribution in [3.8, 4) is 0 Å². The Kier molecular flexibility index (Phi) is 9.78. The van der Waals surface area contributed by atoms with Crippen LogP contribution < -0.4 is 0 Å². The molecule has 0 spiro atoms. The van der Waals surface area contributed by atoms with Gasteiger partial charge in [0.05, 0.1) is 0 Å². The smallest absolute Gasteiger partial charge is 0.303 e. The Bertz CT molecular complexity index is 250. The van der Waals surface area contributed by atoms with Crippen LogP contribution >= 0.6 is 0 Å². The molecule has 1 N–H and O–H groups in total. The maximum Gasteiger partial charge on any atom is 0.303 e. The van der Waals surface area contributed by atoms with E-state index in [4.69, 9.17) is 5.11 Å². The lowest BCUT2D eigenvalue weighted by atomic mass is 10.0. The molecule has 0 amide bonds. The molecule has 1 saturated carbocycles. The molecule has 0 bridgehead atoms. The Morgan fingerprint density at radius 2 is 1.35 bits per heavy atom. The van der Waals surface area contributed by atoms with Crippen molar-refractivity contribution in [2.45, 2.75) is 96.8 Å². The largest absolute Gasteiger partial charge is 0.481 e. The number of hydrogen-bond donors (Lipinski definition) is 1. The maximum absolute atomic E-state index is 10.4. The molecule has 0 saturated heterocycles. The molecule has 0 unspecified atom stereocenters. The van der Waals surface area contributed by atoms with E-state index in [0.717, 1.165) is 24.7 Å². The third-order valence-electron chi connectivity index (χ3n) is 4.71. The van der Waals surface area contributed by atoms with E-state index in [1.807, 2.05) is 0 Å². The molecule has 118 valence electrons. The van der Waals surface area contributed by atoms with Crippen LogP contribution in [0, 0.1) is 11.8 Å². The Hall–Kier alpha value is -0.530. The molecule has 0 aromatic carbocycles. The van der Waals surface area contributed by atoms with Crippen LogP contribution in [0.25, 0.3) is 0 Å². The zero-order chi connectivity index (χ0) is 14.6. The van der Waals surface area contributed by atoms with E-state index in [0.29, 0.717) is 6.42 Å². The van der Waals surface area contributed by atoms with Gasteiger partial charge in [0.25, 0.3) is 0 Å². The van der Waals surface area contributed by atoms with Gasteiger partial charge in [-0.1, -0.05) is 77.6 Å². The van der Waals surface area contributed by atoms with Gasteiger partial charge in [-0.05, 0) is 24.7 Å². The Morgan fingerprint density at radius 3 is 1.90 bits per heavy atom. The van der Waals surface area contributed by atoms with Gasteiger partial charge in [-0.3, -0.25) is 4.79 Å². The number of carbonyl (C=O) groups is 1. The minimum atomic E-state index is -0.647. The molecule has 0 aromatic heterocycles. The van der Waals surface area contributed by atoms with E-state index < -0.39 is 5.97 Å². The zero-order valence-electron chi connectivity index (χ0n) is 13.4. The molecule has 2 nitrogen and oxygen atoms in total. The summed E-state index contributed by atoms with van der Waals surface area (Å²) in [4.78, 5) is 10.4. The second-order valence-electron chi connectivity index (χ2n) is 6.66. The maximum atomic E-state index is 10.4. The van der Waals surface area contributed by atoms with Gasteiger partial charge in [0.1, 0.15) is 0 Å². The minimum Gasteiger partial charge on any atom is -0.481 e. The van der Waals surface area contributed by atoms with Crippen molar-refractivity contribution in [1.29, 1.82) is 0 Å². The third-order valence-corrected chi connectivity index (χ3v) is 4.71. The topological polar surface area (TPSA) is 37.3 Å². The molecule has 0 aliphatic heterocycles. The molecular formula is C18H34O2. The van der Waals surface area contributed by atoms with Crippen molar-refractivity contribution < 1.29 is 9.90 Å². The van der Waals surface area contributed by atoms with Gasteiger partial charge in [-0.2, -0.15) is 0 Å². The van der Waals surface area contributed by atoms with E-state index in [2.05, 4.69) is 6.92 Å². The van der Waals surface area contributed by atoms with E-state index in [9.17, 15) is 4.79 Å². The molecule has 1 fully saturated rings. The second-order valence-corrected chi connectivity index (χ2v) is 6.66. The summed E-state index contributed by atoms with van der Waals surface area (Å²) in [5.41, 5.74) is 0. The summed E-state index contributed by atoms with van der Waals surface area (Å²) in [5, 5.41) is 8.55. The average Bonchev–Trinajstić information content (AvgIpc) is 3.16. The lowest BCUT2D eigenvalue weighted by Crippen LogP contribution is -1.93. The van der Waals surface area contributed by atoms with E-state index in [1.54, 1.807) is 0 Å². The van der Waals surface area contributed by atoms with Crippen LogP contribution in [0.5, 0.6) is 0 Å². The van der Waals surface area contributed by atoms with Gasteiger partial charge in [0, 0.05) is 6.42 Å². The number of hydrogen-bond acceptors (Lipinski definition) is 1. The first-order valence-corrected chi connectivity index (χ1v) is 8.95. The Balaban J connectivity index is 1.78. The fraction of sp³-hybridized carbons (Fsp3) is 0.944. The number of carboxylic acid groups (broad SMARTS) is 1. The average molecular weight is 282 g/mol. The molecular weight excluding hydrogens is 248 g/mol. The van der Waals surface area contributed by atoms with Crippen LogP contribution in [0.3, 0.4) is 0 Å². The van der Waals surface area contributed by atoms with Gasteiger partial charge in [0.2, 0.25) is 0 Å². The molecule has 1 aliphatic rings. The summed E-state index contributed by atoms with van der Waals surface area (Å²) in [5.74, 6) is 1.41. The first-order valence-electron chi connectivity index (χ1n) is 8.95. The lowest BCUT2D eigenvalue weighted by molar-refractivity contribution is -0.137. The van der Waals surface area contributed by atoms with E-state index >= 15 is 0 Å². The molecule has 2 atom stereocenters. The molecule has 0 radical (unpaired) electrons. The van der Waals surface area contributed by atoms with Crippen molar-refractivity contribution in [1.82, 2.24) is 0 Å². The quantitative estimate of drug-likeness (QED) is 0.409. The van der Waals surface area contributed by atoms with Gasteiger partial charge in [-0.15, -0.1) is 0 Å². The van der Waals surface area contributed by atoms with Gasteiger partial charge in [0.15, 0.2) is 0 Å². The predicted molar refractivity (Wildman–Crippen MR) is 84.9 cm³/mol. The standard InChI is InChI=1S/C18H34O2/c1-2-3-4-5-6-9-12-16-15-17(16)13-10-7-8-11-14-18(19)20/h16-17H,2-15H2,1H3,(H,19,20)/t16-,17-/m0/s1. The van der Waals surface area contributed by atoms with Crippen LogP contribution in [0.1, 0.15) is 96.8 Å². The highest BCUT2D eigenvalue weighted by atomic mass is 16.4. The fourth-order valence-corrected chi connectivity index (χ4v) is 3.24. The first-order chi connectivity index (χ1) is 9.74. The summed E-state index contributed by atoms with van der Waals surface area (Å²) in [6.45, 7) is 2.27. The summed E-state index contributed by atoms with van der Waals surface area (Å²) in [6, 6.07) is 0. The third kappa shape index (κ3) is 9.39. The summed E-state index contributed by atoms with van der Waals surface area (Å²) in [7, 11) is 0. The summed E-state index contributed by atoms with van der Waals surface area (Å²) < 4.78 is 0. The number of carboxylic acids is 1. The molecule has 0 heterocycles. The zero-order valence-corrected chi connectivity index (χ0v) is 13.4. The normalized spacial score (nSPS) is 21.1. The highest BCUT2D eigenvalue weighted by Crippen LogP contribution is 2.45. The SMILES string of the molecule is CCCCCCCC[C@H]1C[C@@H]1CCCCCCC(=O)O. The highest BCUT2D eigenvalue weighted by molar-refractivity contribution is 5.66. The second kappa shape index (κ2) is 11.2. The van der Waals surface area contributed by atoms with Gasteiger partial charge in [-0.25, -0.2) is 0 Å².